The molecule has 2 bridgehead atoms. The molecule has 1 aromatic carbocycles. The average Bonchev–Trinajstić information content (AvgIpc) is 3.24. The van der Waals surface area contributed by atoms with Crippen LogP contribution in [0.4, 0.5) is 0 Å². The first-order valence-corrected chi connectivity index (χ1v) is 7.67. The van der Waals surface area contributed by atoms with Crippen LogP contribution in [-0.4, -0.2) is 27.8 Å². The van der Waals surface area contributed by atoms with Crippen molar-refractivity contribution in [3.05, 3.63) is 48.0 Å². The Kier molecular flexibility index (Phi) is 3.09. The summed E-state index contributed by atoms with van der Waals surface area (Å²) in [6.07, 6.45) is 3.39. The lowest BCUT2D eigenvalue weighted by Gasteiger charge is -2.20. The predicted molar refractivity (Wildman–Crippen MR) is 79.1 cm³/mol. The molecule has 3 aliphatic rings. The highest BCUT2D eigenvalue weighted by Crippen LogP contribution is 2.52. The van der Waals surface area contributed by atoms with Gasteiger partial charge in [0.25, 0.3) is 17.7 Å². The van der Waals surface area contributed by atoms with E-state index >= 15 is 0 Å². The summed E-state index contributed by atoms with van der Waals surface area (Å²) >= 11 is 0. The number of aliphatic hydroxyl groups excluding tert-OH is 1. The van der Waals surface area contributed by atoms with Crippen molar-refractivity contribution in [2.45, 2.75) is 12.5 Å². The number of carbonyl (C=O) groups excluding carboxylic acids is 3. The van der Waals surface area contributed by atoms with Crippen LogP contribution in [0.1, 0.15) is 18.1 Å². The maximum atomic E-state index is 12.5. The van der Waals surface area contributed by atoms with Gasteiger partial charge in [-0.2, -0.15) is 5.01 Å². The van der Waals surface area contributed by atoms with Gasteiger partial charge in [0.2, 0.25) is 0 Å². The second kappa shape index (κ2) is 5.03. The number of hydrogen-bond donors (Lipinski definition) is 2. The fraction of sp³-hybridized carbons (Fsp3) is 0.353. The summed E-state index contributed by atoms with van der Waals surface area (Å²) in [6.45, 7) is 0. The lowest BCUT2D eigenvalue weighted by molar-refractivity contribution is -0.152. The molecule has 0 radical (unpaired) electrons. The number of hydrogen-bond acceptors (Lipinski definition) is 4. The van der Waals surface area contributed by atoms with Gasteiger partial charge in [-0.15, -0.1) is 0 Å². The molecule has 5 atom stereocenters. The highest BCUT2D eigenvalue weighted by Gasteiger charge is 2.59. The van der Waals surface area contributed by atoms with Gasteiger partial charge in [0.15, 0.2) is 6.10 Å². The molecule has 0 aromatic heterocycles. The molecule has 2 aliphatic carbocycles. The maximum Gasteiger partial charge on any atom is 0.272 e. The van der Waals surface area contributed by atoms with Crippen molar-refractivity contribution in [2.75, 3.05) is 0 Å². The quantitative estimate of drug-likeness (QED) is 0.631. The molecule has 1 saturated carbocycles. The number of fused-ring (bicyclic) bond motifs is 5. The van der Waals surface area contributed by atoms with E-state index in [2.05, 4.69) is 5.43 Å². The normalized spacial score (nSPS) is 32.3. The van der Waals surface area contributed by atoms with Gasteiger partial charge in [0, 0.05) is 0 Å². The molecule has 3 amide bonds. The van der Waals surface area contributed by atoms with E-state index in [0.717, 1.165) is 11.4 Å². The topological polar surface area (TPSA) is 86.7 Å². The van der Waals surface area contributed by atoms with E-state index in [-0.39, 0.29) is 35.5 Å². The molecule has 1 saturated heterocycles. The second-order valence-electron chi connectivity index (χ2n) is 6.30. The van der Waals surface area contributed by atoms with Crippen LogP contribution in [0.5, 0.6) is 0 Å². The van der Waals surface area contributed by atoms with E-state index in [0.29, 0.717) is 5.56 Å². The van der Waals surface area contributed by atoms with Gasteiger partial charge in [-0.25, -0.2) is 0 Å². The Bertz CT molecular complexity index is 685. The number of hydrazine groups is 1. The van der Waals surface area contributed by atoms with Gasteiger partial charge < -0.3 is 5.11 Å². The summed E-state index contributed by atoms with van der Waals surface area (Å²) in [5, 5.41) is 10.9. The largest absolute Gasteiger partial charge is 0.378 e. The van der Waals surface area contributed by atoms with Crippen LogP contribution in [-0.2, 0) is 14.4 Å². The van der Waals surface area contributed by atoms with E-state index in [4.69, 9.17) is 0 Å². The minimum atomic E-state index is -1.42. The fourth-order valence-electron chi connectivity index (χ4n) is 3.97. The number of rotatable bonds is 3. The number of nitrogens with one attached hydrogen (secondary N) is 1. The first-order chi connectivity index (χ1) is 11.1. The van der Waals surface area contributed by atoms with Crippen LogP contribution in [0.3, 0.4) is 0 Å². The number of benzene rings is 1. The van der Waals surface area contributed by atoms with Gasteiger partial charge in [-0.1, -0.05) is 42.5 Å². The lowest BCUT2D eigenvalue weighted by atomic mass is 9.85. The highest BCUT2D eigenvalue weighted by molar-refractivity contribution is 6.07. The smallest absolute Gasteiger partial charge is 0.272 e. The monoisotopic (exact) mass is 312 g/mol. The number of nitrogens with zero attached hydrogens (tertiary/aromatic N) is 1. The molecular weight excluding hydrogens is 296 g/mol. The number of carbonyl (C=O) groups is 3. The zero-order valence-corrected chi connectivity index (χ0v) is 12.3. The van der Waals surface area contributed by atoms with Gasteiger partial charge >= 0.3 is 0 Å². The van der Waals surface area contributed by atoms with Crippen LogP contribution in [0.2, 0.25) is 0 Å². The summed E-state index contributed by atoms with van der Waals surface area (Å²) in [6, 6.07) is 8.39. The van der Waals surface area contributed by atoms with Crippen molar-refractivity contribution in [2.24, 2.45) is 23.7 Å². The molecule has 2 fully saturated rings. The number of imide groups is 1. The lowest BCUT2D eigenvalue weighted by Crippen LogP contribution is -2.49. The van der Waals surface area contributed by atoms with Crippen molar-refractivity contribution >= 4 is 17.7 Å². The van der Waals surface area contributed by atoms with Crippen LogP contribution >= 0.6 is 0 Å². The third kappa shape index (κ3) is 2.02. The molecular formula is C17H16N2O4. The Labute approximate surface area is 132 Å². The molecule has 6 heteroatoms. The highest BCUT2D eigenvalue weighted by atomic mass is 16.3. The SMILES string of the molecule is O=C(NN1C(=O)[C@@H]2[C@@H](C1=O)[C@H]1C=C[C@@H]2C1)[C@@H](O)c1ccccc1. The van der Waals surface area contributed by atoms with Crippen molar-refractivity contribution in [3.8, 4) is 0 Å². The van der Waals surface area contributed by atoms with Crippen LogP contribution in [0.25, 0.3) is 0 Å². The van der Waals surface area contributed by atoms with E-state index in [1.807, 2.05) is 12.2 Å². The van der Waals surface area contributed by atoms with Gasteiger partial charge in [-0.3, -0.25) is 19.8 Å². The summed E-state index contributed by atoms with van der Waals surface area (Å²) in [4.78, 5) is 37.1. The first-order valence-electron chi connectivity index (χ1n) is 7.67. The number of aliphatic hydroxyl groups is 1. The van der Waals surface area contributed by atoms with Crippen LogP contribution < -0.4 is 5.43 Å². The Hall–Kier alpha value is -2.47. The molecule has 118 valence electrons. The zero-order chi connectivity index (χ0) is 16.1. The summed E-state index contributed by atoms with van der Waals surface area (Å²) < 4.78 is 0. The maximum absolute atomic E-state index is 12.5. The summed E-state index contributed by atoms with van der Waals surface area (Å²) in [5.74, 6) is -2.09. The Balaban J connectivity index is 1.51. The fourth-order valence-corrected chi connectivity index (χ4v) is 3.97. The summed E-state index contributed by atoms with van der Waals surface area (Å²) in [7, 11) is 0. The Morgan fingerprint density at radius 1 is 1.09 bits per heavy atom. The van der Waals surface area contributed by atoms with Crippen LogP contribution in [0.15, 0.2) is 42.5 Å². The standard InChI is InChI=1S/C17H16N2O4/c20-14(9-4-2-1-3-5-9)15(21)18-19-16(22)12-10-6-7-11(8-10)13(12)17(19)23/h1-7,10-14,20H,8H2,(H,18,21)/t10-,11+,12-,13-,14-/m0/s1. The van der Waals surface area contributed by atoms with Crippen molar-refractivity contribution < 1.29 is 19.5 Å². The minimum absolute atomic E-state index is 0.0856. The number of allylic oxidation sites excluding steroid dienone is 2. The van der Waals surface area contributed by atoms with E-state index in [1.165, 1.54) is 0 Å². The zero-order valence-electron chi connectivity index (χ0n) is 12.3. The molecule has 1 aliphatic heterocycles. The first kappa shape index (κ1) is 14.1. The third-order valence-electron chi connectivity index (χ3n) is 5.06. The van der Waals surface area contributed by atoms with E-state index < -0.39 is 12.0 Å². The summed E-state index contributed by atoms with van der Waals surface area (Å²) in [5.41, 5.74) is 2.70. The van der Waals surface area contributed by atoms with Crippen molar-refractivity contribution in [1.29, 1.82) is 0 Å². The van der Waals surface area contributed by atoms with Crippen LogP contribution in [0, 0.1) is 23.7 Å². The molecule has 2 N–H and O–H groups in total. The average molecular weight is 312 g/mol. The number of amides is 3. The van der Waals surface area contributed by atoms with Crippen molar-refractivity contribution in [3.63, 3.8) is 0 Å². The van der Waals surface area contributed by atoms with E-state index in [1.54, 1.807) is 30.3 Å². The molecule has 1 heterocycles. The molecule has 6 nitrogen and oxygen atoms in total. The molecule has 4 rings (SSSR count). The minimum Gasteiger partial charge on any atom is -0.378 e. The van der Waals surface area contributed by atoms with Gasteiger partial charge in [-0.05, 0) is 23.8 Å². The Morgan fingerprint density at radius 2 is 1.65 bits per heavy atom. The van der Waals surface area contributed by atoms with E-state index in [9.17, 15) is 19.5 Å². The van der Waals surface area contributed by atoms with Gasteiger partial charge in [0.1, 0.15) is 0 Å². The predicted octanol–water partition coefficient (Wildman–Crippen LogP) is 0.558. The molecule has 0 spiro atoms. The molecule has 23 heavy (non-hydrogen) atoms. The van der Waals surface area contributed by atoms with Gasteiger partial charge in [0.05, 0.1) is 11.8 Å². The second-order valence-corrected chi connectivity index (χ2v) is 6.30. The molecule has 0 unspecified atom stereocenters. The third-order valence-corrected chi connectivity index (χ3v) is 5.06. The van der Waals surface area contributed by atoms with Crippen molar-refractivity contribution in [1.82, 2.24) is 10.4 Å². The Morgan fingerprint density at radius 3 is 2.22 bits per heavy atom. The molecule has 1 aromatic rings.